The zero-order chi connectivity index (χ0) is 24.3. The number of aryl methyl sites for hydroxylation is 1. The number of fused-ring (bicyclic) bond motifs is 1. The molecule has 4 rings (SSSR count). The molecule has 1 heterocycles. The molecule has 1 aliphatic carbocycles. The standard InChI is InChI=1S/C17H22N2O.C11H10N2O/c1-19(17(20)13-6-2-3-7-13)11-10-14-12-18-16-9-5-4-8-15(14)16;1-9-2-4-10(5-3-9)6-7-11(14)13-8-12/h4-5,8-9,12-13,18H,2-3,6-7,10-11H2,1H3;2-7H,1H3,(H,13,14)/b;7-6+. The Bertz CT molecular complexity index is 1170. The van der Waals surface area contributed by atoms with E-state index in [-0.39, 0.29) is 5.92 Å². The first-order valence-corrected chi connectivity index (χ1v) is 11.7. The Labute approximate surface area is 201 Å². The van der Waals surface area contributed by atoms with Gasteiger partial charge in [-0.1, -0.05) is 60.9 Å². The highest BCUT2D eigenvalue weighted by Crippen LogP contribution is 2.26. The summed E-state index contributed by atoms with van der Waals surface area (Å²) in [4.78, 5) is 28.4. The van der Waals surface area contributed by atoms with E-state index in [0.29, 0.717) is 5.91 Å². The molecule has 0 atom stereocenters. The smallest absolute Gasteiger partial charge is 0.256 e. The molecule has 1 aromatic heterocycles. The van der Waals surface area contributed by atoms with Gasteiger partial charge in [-0.05, 0) is 49.5 Å². The van der Waals surface area contributed by atoms with E-state index in [4.69, 9.17) is 5.26 Å². The Morgan fingerprint density at radius 3 is 2.56 bits per heavy atom. The second-order valence-corrected chi connectivity index (χ2v) is 8.70. The number of hydrogen-bond acceptors (Lipinski definition) is 3. The van der Waals surface area contributed by atoms with Crippen molar-refractivity contribution in [3.05, 3.63) is 77.5 Å². The number of nitriles is 1. The molecule has 176 valence electrons. The Hall–Kier alpha value is -3.85. The van der Waals surface area contributed by atoms with Crippen molar-refractivity contribution in [3.63, 3.8) is 0 Å². The molecule has 1 fully saturated rings. The van der Waals surface area contributed by atoms with Gasteiger partial charge in [-0.3, -0.25) is 14.9 Å². The molecule has 34 heavy (non-hydrogen) atoms. The van der Waals surface area contributed by atoms with Crippen LogP contribution >= 0.6 is 0 Å². The topological polar surface area (TPSA) is 89.0 Å². The Morgan fingerprint density at radius 2 is 1.85 bits per heavy atom. The highest BCUT2D eigenvalue weighted by molar-refractivity contribution is 5.92. The van der Waals surface area contributed by atoms with Crippen LogP contribution in [0.3, 0.4) is 0 Å². The highest BCUT2D eigenvalue weighted by Gasteiger charge is 2.25. The lowest BCUT2D eigenvalue weighted by Crippen LogP contribution is -2.33. The van der Waals surface area contributed by atoms with Crippen LogP contribution in [0.25, 0.3) is 17.0 Å². The van der Waals surface area contributed by atoms with Crippen molar-refractivity contribution in [1.82, 2.24) is 15.2 Å². The predicted octanol–water partition coefficient (Wildman–Crippen LogP) is 4.96. The molecule has 0 saturated heterocycles. The van der Waals surface area contributed by atoms with Crippen LogP contribution in [0.5, 0.6) is 0 Å². The van der Waals surface area contributed by atoms with Gasteiger partial charge in [0, 0.05) is 42.7 Å². The third-order valence-electron chi connectivity index (χ3n) is 6.16. The molecule has 2 N–H and O–H groups in total. The maximum absolute atomic E-state index is 12.3. The van der Waals surface area contributed by atoms with Crippen molar-refractivity contribution in [1.29, 1.82) is 5.26 Å². The van der Waals surface area contributed by atoms with Gasteiger partial charge in [-0.2, -0.15) is 5.26 Å². The summed E-state index contributed by atoms with van der Waals surface area (Å²) in [7, 11) is 1.94. The van der Waals surface area contributed by atoms with Crippen LogP contribution in [-0.2, 0) is 16.0 Å². The number of nitrogens with zero attached hydrogens (tertiary/aromatic N) is 2. The number of benzene rings is 2. The molecular weight excluding hydrogens is 424 g/mol. The fraction of sp³-hybridized carbons (Fsp3) is 0.321. The summed E-state index contributed by atoms with van der Waals surface area (Å²) >= 11 is 0. The molecule has 0 bridgehead atoms. The Morgan fingerprint density at radius 1 is 1.15 bits per heavy atom. The molecule has 0 unspecified atom stereocenters. The van der Waals surface area contributed by atoms with E-state index >= 15 is 0 Å². The molecule has 2 aromatic carbocycles. The van der Waals surface area contributed by atoms with Crippen LogP contribution < -0.4 is 5.32 Å². The van der Waals surface area contributed by atoms with Crippen LogP contribution in [0.2, 0.25) is 0 Å². The Kier molecular flexibility index (Phi) is 9.04. The number of carbonyl (C=O) groups excluding carboxylic acids is 2. The molecule has 0 aliphatic heterocycles. The Balaban J connectivity index is 0.000000204. The number of carbonyl (C=O) groups is 2. The highest BCUT2D eigenvalue weighted by atomic mass is 16.2. The first-order chi connectivity index (χ1) is 16.5. The predicted molar refractivity (Wildman–Crippen MR) is 136 cm³/mol. The third kappa shape index (κ3) is 7.08. The van der Waals surface area contributed by atoms with Crippen molar-refractivity contribution in [2.45, 2.75) is 39.0 Å². The number of amides is 2. The number of rotatable bonds is 6. The van der Waals surface area contributed by atoms with E-state index in [2.05, 4.69) is 29.4 Å². The molecule has 0 spiro atoms. The maximum atomic E-state index is 12.3. The van der Waals surface area contributed by atoms with Gasteiger partial charge >= 0.3 is 0 Å². The summed E-state index contributed by atoms with van der Waals surface area (Å²) in [5.74, 6) is 0.207. The SMILES string of the molecule is CN(CCc1c[nH]c2ccccc12)C(=O)C1CCCC1.Cc1ccc(/C=C/C(=O)NC#N)cc1. The molecule has 6 nitrogen and oxygen atoms in total. The summed E-state index contributed by atoms with van der Waals surface area (Å²) < 4.78 is 0. The minimum Gasteiger partial charge on any atom is -0.361 e. The molecule has 3 aromatic rings. The first-order valence-electron chi connectivity index (χ1n) is 11.7. The summed E-state index contributed by atoms with van der Waals surface area (Å²) in [6, 6.07) is 16.1. The van der Waals surface area contributed by atoms with Gasteiger partial charge in [0.25, 0.3) is 5.91 Å². The quantitative estimate of drug-likeness (QED) is 0.312. The summed E-state index contributed by atoms with van der Waals surface area (Å²) in [6.07, 6.45) is 12.1. The molecule has 1 aliphatic rings. The summed E-state index contributed by atoms with van der Waals surface area (Å²) in [5, 5.41) is 11.4. The molecule has 2 amide bonds. The van der Waals surface area contributed by atoms with Gasteiger partial charge in [-0.15, -0.1) is 0 Å². The van der Waals surface area contributed by atoms with Gasteiger partial charge in [0.05, 0.1) is 0 Å². The van der Waals surface area contributed by atoms with Crippen LogP contribution in [0.4, 0.5) is 0 Å². The molecule has 0 radical (unpaired) electrons. The van der Waals surface area contributed by atoms with Gasteiger partial charge < -0.3 is 9.88 Å². The lowest BCUT2D eigenvalue weighted by atomic mass is 10.1. The second kappa shape index (κ2) is 12.4. The van der Waals surface area contributed by atoms with Crippen molar-refractivity contribution in [2.75, 3.05) is 13.6 Å². The zero-order valence-corrected chi connectivity index (χ0v) is 19.9. The average Bonchev–Trinajstić information content (AvgIpc) is 3.53. The normalized spacial score (nSPS) is 13.3. The first kappa shape index (κ1) is 24.8. The van der Waals surface area contributed by atoms with E-state index < -0.39 is 5.91 Å². The second-order valence-electron chi connectivity index (χ2n) is 8.70. The van der Waals surface area contributed by atoms with Crippen LogP contribution in [-0.4, -0.2) is 35.3 Å². The lowest BCUT2D eigenvalue weighted by Gasteiger charge is -2.20. The third-order valence-corrected chi connectivity index (χ3v) is 6.16. The minimum absolute atomic E-state index is 0.281. The van der Waals surface area contributed by atoms with Crippen molar-refractivity contribution in [3.8, 4) is 6.19 Å². The van der Waals surface area contributed by atoms with Crippen molar-refractivity contribution in [2.24, 2.45) is 5.92 Å². The lowest BCUT2D eigenvalue weighted by molar-refractivity contribution is -0.133. The fourth-order valence-electron chi connectivity index (χ4n) is 4.17. The monoisotopic (exact) mass is 456 g/mol. The number of para-hydroxylation sites is 1. The van der Waals surface area contributed by atoms with Crippen LogP contribution in [0, 0.1) is 24.3 Å². The van der Waals surface area contributed by atoms with E-state index in [0.717, 1.165) is 31.4 Å². The maximum Gasteiger partial charge on any atom is 0.256 e. The number of hydrogen-bond donors (Lipinski definition) is 2. The summed E-state index contributed by atoms with van der Waals surface area (Å²) in [6.45, 7) is 2.80. The van der Waals surface area contributed by atoms with Crippen LogP contribution in [0.1, 0.15) is 42.4 Å². The number of aromatic nitrogens is 1. The van der Waals surface area contributed by atoms with E-state index in [9.17, 15) is 9.59 Å². The van der Waals surface area contributed by atoms with Gasteiger partial charge in [0.2, 0.25) is 5.91 Å². The largest absolute Gasteiger partial charge is 0.361 e. The van der Waals surface area contributed by atoms with Gasteiger partial charge in [0.15, 0.2) is 6.19 Å². The average molecular weight is 457 g/mol. The van der Waals surface area contributed by atoms with Crippen molar-refractivity contribution >= 4 is 28.8 Å². The van der Waals surface area contributed by atoms with Crippen LogP contribution in [0.15, 0.2) is 60.8 Å². The fourth-order valence-corrected chi connectivity index (χ4v) is 4.17. The minimum atomic E-state index is -0.409. The molecule has 6 heteroatoms. The number of nitrogens with one attached hydrogen (secondary N) is 2. The van der Waals surface area contributed by atoms with E-state index in [1.54, 1.807) is 12.3 Å². The number of aromatic amines is 1. The summed E-state index contributed by atoms with van der Waals surface area (Å²) in [5.41, 5.74) is 4.58. The molecule has 1 saturated carbocycles. The zero-order valence-electron chi connectivity index (χ0n) is 19.9. The van der Waals surface area contributed by atoms with Gasteiger partial charge in [-0.25, -0.2) is 0 Å². The number of H-pyrrole nitrogens is 1. The van der Waals surface area contributed by atoms with Crippen molar-refractivity contribution < 1.29 is 9.59 Å². The van der Waals surface area contributed by atoms with E-state index in [1.807, 2.05) is 54.5 Å². The van der Waals surface area contributed by atoms with Gasteiger partial charge in [0.1, 0.15) is 0 Å². The molecular formula is C28H32N4O2. The number of likely N-dealkylation sites (N-methyl/N-ethyl adjacent to an activating group) is 1. The van der Waals surface area contributed by atoms with E-state index in [1.165, 1.54) is 40.9 Å².